The standard InChI is InChI=1S/C11H17BrN2S/c1-4-11(3)5-6-14(7-11)10-13-8(2)9(12)15-10/h4-7H2,1-3H3. The van der Waals surface area contributed by atoms with Crippen LogP contribution in [0.3, 0.4) is 0 Å². The summed E-state index contributed by atoms with van der Waals surface area (Å²) in [6.07, 6.45) is 2.55. The molecule has 0 bridgehead atoms. The van der Waals surface area contributed by atoms with Gasteiger partial charge in [0.25, 0.3) is 0 Å². The van der Waals surface area contributed by atoms with Crippen LogP contribution >= 0.6 is 27.3 Å². The van der Waals surface area contributed by atoms with Gasteiger partial charge in [-0.3, -0.25) is 0 Å². The van der Waals surface area contributed by atoms with Gasteiger partial charge in [0.2, 0.25) is 0 Å². The van der Waals surface area contributed by atoms with E-state index in [0.29, 0.717) is 5.41 Å². The van der Waals surface area contributed by atoms with E-state index in [4.69, 9.17) is 0 Å². The van der Waals surface area contributed by atoms with Crippen LogP contribution in [0.5, 0.6) is 0 Å². The van der Waals surface area contributed by atoms with Crippen molar-refractivity contribution in [2.24, 2.45) is 5.41 Å². The Kier molecular flexibility index (Phi) is 3.08. The lowest BCUT2D eigenvalue weighted by Gasteiger charge is -2.22. The Hall–Kier alpha value is -0.0900. The number of hydrogen-bond donors (Lipinski definition) is 0. The molecule has 1 aromatic heterocycles. The first kappa shape index (κ1) is 11.4. The highest BCUT2D eigenvalue weighted by atomic mass is 79.9. The lowest BCUT2D eigenvalue weighted by molar-refractivity contribution is 0.355. The minimum absolute atomic E-state index is 0.492. The third-order valence-electron chi connectivity index (χ3n) is 3.41. The number of thiazole rings is 1. The van der Waals surface area contributed by atoms with Crippen molar-refractivity contribution < 1.29 is 0 Å². The summed E-state index contributed by atoms with van der Waals surface area (Å²) in [7, 11) is 0. The highest BCUT2D eigenvalue weighted by Crippen LogP contribution is 2.38. The zero-order valence-electron chi connectivity index (χ0n) is 9.51. The van der Waals surface area contributed by atoms with Gasteiger partial charge >= 0.3 is 0 Å². The van der Waals surface area contributed by atoms with E-state index in [1.54, 1.807) is 11.3 Å². The van der Waals surface area contributed by atoms with Gasteiger partial charge in [-0.1, -0.05) is 25.2 Å². The molecule has 1 atom stereocenters. The number of anilines is 1. The molecule has 1 saturated heterocycles. The number of halogens is 1. The number of aryl methyl sites for hydroxylation is 1. The van der Waals surface area contributed by atoms with Crippen LogP contribution in [0.25, 0.3) is 0 Å². The third kappa shape index (κ3) is 2.21. The molecule has 84 valence electrons. The van der Waals surface area contributed by atoms with Gasteiger partial charge in [-0.15, -0.1) is 0 Å². The summed E-state index contributed by atoms with van der Waals surface area (Å²) in [4.78, 5) is 7.01. The van der Waals surface area contributed by atoms with Gasteiger partial charge in [0.05, 0.1) is 9.48 Å². The third-order valence-corrected chi connectivity index (χ3v) is 5.48. The van der Waals surface area contributed by atoms with Crippen LogP contribution in [-0.4, -0.2) is 18.1 Å². The SMILES string of the molecule is CCC1(C)CCN(c2nc(C)c(Br)s2)C1. The van der Waals surface area contributed by atoms with Gasteiger partial charge in [0.1, 0.15) is 0 Å². The van der Waals surface area contributed by atoms with Crippen molar-refractivity contribution in [3.63, 3.8) is 0 Å². The molecule has 2 rings (SSSR count). The fraction of sp³-hybridized carbons (Fsp3) is 0.727. The second kappa shape index (κ2) is 4.06. The molecule has 0 saturated carbocycles. The van der Waals surface area contributed by atoms with E-state index >= 15 is 0 Å². The molecule has 0 aliphatic carbocycles. The Morgan fingerprint density at radius 1 is 1.60 bits per heavy atom. The highest BCUT2D eigenvalue weighted by Gasteiger charge is 2.33. The number of aromatic nitrogens is 1. The van der Waals surface area contributed by atoms with Crippen molar-refractivity contribution in [2.45, 2.75) is 33.6 Å². The summed E-state index contributed by atoms with van der Waals surface area (Å²) in [5.41, 5.74) is 1.60. The Labute approximate surface area is 104 Å². The molecule has 0 spiro atoms. The maximum Gasteiger partial charge on any atom is 0.186 e. The summed E-state index contributed by atoms with van der Waals surface area (Å²) in [6, 6.07) is 0. The van der Waals surface area contributed by atoms with E-state index < -0.39 is 0 Å². The molecule has 1 unspecified atom stereocenters. The molecule has 15 heavy (non-hydrogen) atoms. The van der Waals surface area contributed by atoms with Gasteiger partial charge < -0.3 is 4.90 Å². The van der Waals surface area contributed by atoms with Gasteiger partial charge in [-0.2, -0.15) is 0 Å². The average molecular weight is 289 g/mol. The summed E-state index contributed by atoms with van der Waals surface area (Å²) >= 11 is 5.29. The van der Waals surface area contributed by atoms with Crippen LogP contribution in [-0.2, 0) is 0 Å². The lowest BCUT2D eigenvalue weighted by Crippen LogP contribution is -2.24. The van der Waals surface area contributed by atoms with Gasteiger partial charge in [0.15, 0.2) is 5.13 Å². The largest absolute Gasteiger partial charge is 0.347 e. The molecular weight excluding hydrogens is 272 g/mol. The molecule has 4 heteroatoms. The zero-order chi connectivity index (χ0) is 11.1. The summed E-state index contributed by atoms with van der Waals surface area (Å²) in [5.74, 6) is 0. The van der Waals surface area contributed by atoms with Crippen molar-refractivity contribution in [3.05, 3.63) is 9.48 Å². The Morgan fingerprint density at radius 3 is 2.80 bits per heavy atom. The number of rotatable bonds is 2. The normalized spacial score (nSPS) is 26.3. The predicted octanol–water partition coefficient (Wildman–Crippen LogP) is 3.84. The first-order valence-corrected chi connectivity index (χ1v) is 7.03. The van der Waals surface area contributed by atoms with Crippen LogP contribution < -0.4 is 4.90 Å². The minimum atomic E-state index is 0.492. The first-order valence-electron chi connectivity index (χ1n) is 5.42. The molecule has 0 radical (unpaired) electrons. The average Bonchev–Trinajstić information content (AvgIpc) is 2.73. The van der Waals surface area contributed by atoms with Crippen molar-refractivity contribution in [1.82, 2.24) is 4.98 Å². The zero-order valence-corrected chi connectivity index (χ0v) is 11.9. The molecule has 1 aliphatic heterocycles. The second-order valence-corrected chi connectivity index (χ2v) is 6.99. The van der Waals surface area contributed by atoms with Crippen LogP contribution in [0.1, 0.15) is 32.4 Å². The molecule has 2 heterocycles. The quantitative estimate of drug-likeness (QED) is 0.822. The minimum Gasteiger partial charge on any atom is -0.347 e. The van der Waals surface area contributed by atoms with E-state index in [9.17, 15) is 0 Å². The van der Waals surface area contributed by atoms with Crippen molar-refractivity contribution >= 4 is 32.4 Å². The molecule has 1 aromatic rings. The van der Waals surface area contributed by atoms with Gasteiger partial charge in [0, 0.05) is 13.1 Å². The molecule has 0 amide bonds. The van der Waals surface area contributed by atoms with Crippen molar-refractivity contribution in [3.8, 4) is 0 Å². The summed E-state index contributed by atoms with van der Waals surface area (Å²) in [6.45, 7) is 9.03. The number of nitrogens with zero attached hydrogens (tertiary/aromatic N) is 2. The Bertz CT molecular complexity index is 344. The maximum absolute atomic E-state index is 4.59. The van der Waals surface area contributed by atoms with E-state index in [1.807, 2.05) is 0 Å². The Balaban J connectivity index is 2.14. The Morgan fingerprint density at radius 2 is 2.33 bits per heavy atom. The van der Waals surface area contributed by atoms with E-state index in [0.717, 1.165) is 18.8 Å². The molecular formula is C11H17BrN2S. The molecule has 2 nitrogen and oxygen atoms in total. The van der Waals surface area contributed by atoms with Crippen molar-refractivity contribution in [1.29, 1.82) is 0 Å². The van der Waals surface area contributed by atoms with Crippen LogP contribution in [0, 0.1) is 12.3 Å². The molecule has 0 N–H and O–H groups in total. The predicted molar refractivity (Wildman–Crippen MR) is 69.8 cm³/mol. The fourth-order valence-corrected chi connectivity index (χ4v) is 3.32. The van der Waals surface area contributed by atoms with Gasteiger partial charge in [-0.05, 0) is 41.1 Å². The smallest absolute Gasteiger partial charge is 0.186 e. The number of hydrogen-bond acceptors (Lipinski definition) is 3. The van der Waals surface area contributed by atoms with Gasteiger partial charge in [-0.25, -0.2) is 4.98 Å². The van der Waals surface area contributed by atoms with E-state index in [-0.39, 0.29) is 0 Å². The van der Waals surface area contributed by atoms with E-state index in [2.05, 4.69) is 46.6 Å². The van der Waals surface area contributed by atoms with Crippen LogP contribution in [0.15, 0.2) is 3.79 Å². The molecule has 1 fully saturated rings. The summed E-state index contributed by atoms with van der Waals surface area (Å²) in [5, 5.41) is 1.18. The second-order valence-electron chi connectivity index (χ2n) is 4.69. The van der Waals surface area contributed by atoms with Crippen LogP contribution in [0.4, 0.5) is 5.13 Å². The van der Waals surface area contributed by atoms with Crippen molar-refractivity contribution in [2.75, 3.05) is 18.0 Å². The molecule has 0 aromatic carbocycles. The van der Waals surface area contributed by atoms with Crippen LogP contribution in [0.2, 0.25) is 0 Å². The fourth-order valence-electron chi connectivity index (χ4n) is 1.98. The maximum atomic E-state index is 4.59. The summed E-state index contributed by atoms with van der Waals surface area (Å²) < 4.78 is 1.17. The van der Waals surface area contributed by atoms with E-state index in [1.165, 1.54) is 21.8 Å². The highest BCUT2D eigenvalue weighted by molar-refractivity contribution is 9.11. The monoisotopic (exact) mass is 288 g/mol. The lowest BCUT2D eigenvalue weighted by atomic mass is 9.87. The molecule has 1 aliphatic rings. The first-order chi connectivity index (χ1) is 7.04. The topological polar surface area (TPSA) is 16.1 Å².